The second kappa shape index (κ2) is 9.94. The number of amides is 2. The first-order valence-corrected chi connectivity index (χ1v) is 12.1. The van der Waals surface area contributed by atoms with Crippen LogP contribution in [-0.4, -0.2) is 73.9 Å². The van der Waals surface area contributed by atoms with Crippen LogP contribution in [0.3, 0.4) is 0 Å². The molecule has 12 heteroatoms. The topological polar surface area (TPSA) is 119 Å². The first kappa shape index (κ1) is 23.1. The normalized spacial score (nSPS) is 14.7. The SMILES string of the molecule is Cc1ncc(NC(=O)CN2CCCOCC2)cc1NC(=O)c1cnn2cc(-c3cnn(C)c3)sc12. The molecule has 5 heterocycles. The quantitative estimate of drug-likeness (QED) is 0.423. The number of anilines is 2. The fourth-order valence-electron chi connectivity index (χ4n) is 3.90. The summed E-state index contributed by atoms with van der Waals surface area (Å²) in [5.41, 5.74) is 3.12. The highest BCUT2D eigenvalue weighted by Gasteiger charge is 2.19. The summed E-state index contributed by atoms with van der Waals surface area (Å²) in [6.45, 7) is 5.00. The molecule has 1 saturated heterocycles. The van der Waals surface area contributed by atoms with Gasteiger partial charge in [0.1, 0.15) is 4.83 Å². The van der Waals surface area contributed by atoms with E-state index in [0.29, 0.717) is 29.2 Å². The fraction of sp³-hybridized carbons (Fsp3) is 0.348. The Hall–Kier alpha value is -3.61. The molecule has 1 fully saturated rings. The van der Waals surface area contributed by atoms with Gasteiger partial charge in [-0.2, -0.15) is 10.2 Å². The van der Waals surface area contributed by atoms with E-state index >= 15 is 0 Å². The fourth-order valence-corrected chi connectivity index (χ4v) is 4.93. The van der Waals surface area contributed by atoms with Gasteiger partial charge in [0.2, 0.25) is 5.91 Å². The number of nitrogens with one attached hydrogen (secondary N) is 2. The third-order valence-electron chi connectivity index (χ3n) is 5.73. The van der Waals surface area contributed by atoms with Crippen molar-refractivity contribution in [1.29, 1.82) is 0 Å². The monoisotopic (exact) mass is 494 g/mol. The molecule has 0 aromatic carbocycles. The minimum atomic E-state index is -0.294. The van der Waals surface area contributed by atoms with Crippen molar-refractivity contribution in [2.75, 3.05) is 43.5 Å². The summed E-state index contributed by atoms with van der Waals surface area (Å²) >= 11 is 1.47. The summed E-state index contributed by atoms with van der Waals surface area (Å²) in [4.78, 5) is 33.8. The highest BCUT2D eigenvalue weighted by atomic mass is 32.1. The van der Waals surface area contributed by atoms with Crippen molar-refractivity contribution >= 4 is 39.4 Å². The van der Waals surface area contributed by atoms with Crippen LogP contribution in [-0.2, 0) is 16.6 Å². The highest BCUT2D eigenvalue weighted by molar-refractivity contribution is 7.21. The van der Waals surface area contributed by atoms with E-state index in [1.54, 1.807) is 40.8 Å². The van der Waals surface area contributed by atoms with E-state index in [1.807, 2.05) is 19.4 Å². The molecule has 0 bridgehead atoms. The van der Waals surface area contributed by atoms with Crippen LogP contribution in [0.1, 0.15) is 22.5 Å². The number of fused-ring (bicyclic) bond motifs is 1. The molecular weight excluding hydrogens is 468 g/mol. The number of aromatic nitrogens is 5. The van der Waals surface area contributed by atoms with Gasteiger partial charge in [0.05, 0.1) is 59.3 Å². The van der Waals surface area contributed by atoms with Gasteiger partial charge in [0.15, 0.2) is 0 Å². The molecule has 4 aromatic heterocycles. The lowest BCUT2D eigenvalue weighted by atomic mass is 10.2. The van der Waals surface area contributed by atoms with E-state index in [-0.39, 0.29) is 18.4 Å². The molecule has 11 nitrogen and oxygen atoms in total. The van der Waals surface area contributed by atoms with Gasteiger partial charge in [0, 0.05) is 44.7 Å². The highest BCUT2D eigenvalue weighted by Crippen LogP contribution is 2.30. The largest absolute Gasteiger partial charge is 0.380 e. The van der Waals surface area contributed by atoms with Crippen molar-refractivity contribution < 1.29 is 14.3 Å². The number of hydrogen-bond donors (Lipinski definition) is 2. The maximum absolute atomic E-state index is 13.1. The summed E-state index contributed by atoms with van der Waals surface area (Å²) in [6, 6.07) is 1.72. The Kier molecular flexibility index (Phi) is 6.57. The summed E-state index contributed by atoms with van der Waals surface area (Å²) in [7, 11) is 1.86. The third-order valence-corrected chi connectivity index (χ3v) is 6.89. The van der Waals surface area contributed by atoms with Crippen LogP contribution in [0, 0.1) is 6.92 Å². The van der Waals surface area contributed by atoms with Crippen molar-refractivity contribution in [2.45, 2.75) is 13.3 Å². The van der Waals surface area contributed by atoms with Gasteiger partial charge in [-0.25, -0.2) is 4.52 Å². The van der Waals surface area contributed by atoms with E-state index in [9.17, 15) is 9.59 Å². The Morgan fingerprint density at radius 2 is 2.00 bits per heavy atom. The molecule has 0 radical (unpaired) electrons. The molecule has 0 aliphatic carbocycles. The second-order valence-electron chi connectivity index (χ2n) is 8.41. The zero-order valence-corrected chi connectivity index (χ0v) is 20.3. The van der Waals surface area contributed by atoms with E-state index in [1.165, 1.54) is 11.3 Å². The smallest absolute Gasteiger partial charge is 0.260 e. The molecule has 2 amide bonds. The number of carbonyl (C=O) groups excluding carboxylic acids is 2. The Morgan fingerprint density at radius 3 is 2.83 bits per heavy atom. The number of nitrogens with zero attached hydrogens (tertiary/aromatic N) is 6. The third kappa shape index (κ3) is 5.24. The molecular formula is C23H26N8O3S. The molecule has 2 N–H and O–H groups in total. The predicted octanol–water partition coefficient (Wildman–Crippen LogP) is 2.41. The van der Waals surface area contributed by atoms with E-state index in [4.69, 9.17) is 4.74 Å². The summed E-state index contributed by atoms with van der Waals surface area (Å²) in [6.07, 6.45) is 9.62. The molecule has 182 valence electrons. The van der Waals surface area contributed by atoms with E-state index in [2.05, 4.69) is 30.7 Å². The van der Waals surface area contributed by atoms with Gasteiger partial charge in [0.25, 0.3) is 5.91 Å². The zero-order chi connectivity index (χ0) is 24.4. The number of aryl methyl sites for hydroxylation is 2. The lowest BCUT2D eigenvalue weighted by Crippen LogP contribution is -2.35. The van der Waals surface area contributed by atoms with E-state index in [0.717, 1.165) is 41.4 Å². The maximum Gasteiger partial charge on any atom is 0.260 e. The molecule has 0 unspecified atom stereocenters. The first-order chi connectivity index (χ1) is 17.0. The number of rotatable bonds is 6. The Balaban J connectivity index is 1.28. The van der Waals surface area contributed by atoms with Crippen LogP contribution >= 0.6 is 11.3 Å². The van der Waals surface area contributed by atoms with Crippen LogP contribution in [0.2, 0.25) is 0 Å². The second-order valence-corrected chi connectivity index (χ2v) is 9.44. The van der Waals surface area contributed by atoms with Crippen molar-refractivity contribution in [3.8, 4) is 10.4 Å². The molecule has 0 atom stereocenters. The molecule has 4 aromatic rings. The number of hydrogen-bond acceptors (Lipinski definition) is 8. The zero-order valence-electron chi connectivity index (χ0n) is 19.5. The van der Waals surface area contributed by atoms with Crippen LogP contribution in [0.4, 0.5) is 11.4 Å². The maximum atomic E-state index is 13.1. The molecule has 5 rings (SSSR count). The van der Waals surface area contributed by atoms with Crippen LogP contribution < -0.4 is 10.6 Å². The number of pyridine rings is 1. The molecule has 1 aliphatic heterocycles. The van der Waals surface area contributed by atoms with E-state index < -0.39 is 0 Å². The Morgan fingerprint density at radius 1 is 1.11 bits per heavy atom. The van der Waals surface area contributed by atoms with Crippen LogP contribution in [0.25, 0.3) is 15.3 Å². The molecule has 35 heavy (non-hydrogen) atoms. The van der Waals surface area contributed by atoms with Gasteiger partial charge < -0.3 is 15.4 Å². The van der Waals surface area contributed by atoms with Crippen molar-refractivity contribution in [3.05, 3.63) is 48.3 Å². The summed E-state index contributed by atoms with van der Waals surface area (Å²) in [5.74, 6) is -0.424. The minimum absolute atomic E-state index is 0.130. The number of ether oxygens (including phenoxy) is 1. The van der Waals surface area contributed by atoms with Gasteiger partial charge in [-0.1, -0.05) is 0 Å². The predicted molar refractivity (Wildman–Crippen MR) is 133 cm³/mol. The lowest BCUT2D eigenvalue weighted by Gasteiger charge is -2.18. The van der Waals surface area contributed by atoms with Gasteiger partial charge in [-0.3, -0.25) is 24.2 Å². The molecule has 0 spiro atoms. The number of carbonyl (C=O) groups is 2. The number of thiazole rings is 1. The van der Waals surface area contributed by atoms with Crippen molar-refractivity contribution in [2.24, 2.45) is 7.05 Å². The van der Waals surface area contributed by atoms with Crippen molar-refractivity contribution in [1.82, 2.24) is 29.3 Å². The molecule has 0 saturated carbocycles. The van der Waals surface area contributed by atoms with Crippen LogP contribution in [0.5, 0.6) is 0 Å². The lowest BCUT2D eigenvalue weighted by molar-refractivity contribution is -0.117. The molecule has 1 aliphatic rings. The van der Waals surface area contributed by atoms with Crippen molar-refractivity contribution in [3.63, 3.8) is 0 Å². The van der Waals surface area contributed by atoms with Gasteiger partial charge in [-0.15, -0.1) is 11.3 Å². The standard InChI is InChI=1S/C23H26N8O3S/c1-15-19(8-17(10-24-15)27-21(32)14-30-4-3-6-34-7-5-30)28-22(33)18-11-26-31-13-20(35-23(18)31)16-9-25-29(2)12-16/h8-13H,3-7,14H2,1-2H3,(H,27,32)(H,28,33). The van der Waals surface area contributed by atoms with Gasteiger partial charge in [-0.05, 0) is 19.4 Å². The average Bonchev–Trinajstić information content (AvgIpc) is 3.48. The average molecular weight is 495 g/mol. The Bertz CT molecular complexity index is 1370. The van der Waals surface area contributed by atoms with Crippen LogP contribution in [0.15, 0.2) is 37.1 Å². The minimum Gasteiger partial charge on any atom is -0.380 e. The summed E-state index contributed by atoms with van der Waals surface area (Å²) < 4.78 is 8.86. The summed E-state index contributed by atoms with van der Waals surface area (Å²) in [5, 5.41) is 14.3. The van der Waals surface area contributed by atoms with Gasteiger partial charge >= 0.3 is 0 Å². The first-order valence-electron chi connectivity index (χ1n) is 11.3. The Labute approximate surface area is 205 Å².